The smallest absolute Gasteiger partial charge is 0.180 e. The van der Waals surface area contributed by atoms with E-state index in [2.05, 4.69) is 11.9 Å². The Morgan fingerprint density at radius 3 is 2.00 bits per heavy atom. The van der Waals surface area contributed by atoms with Crippen LogP contribution in [0.2, 0.25) is 0 Å². The lowest BCUT2D eigenvalue weighted by molar-refractivity contribution is 0.925. The van der Waals surface area contributed by atoms with Gasteiger partial charge >= 0.3 is 0 Å². The SMILES string of the molecule is CC.CC.CCCc1sc(N)nc1C. The van der Waals surface area contributed by atoms with Crippen LogP contribution in [-0.4, -0.2) is 4.98 Å². The quantitative estimate of drug-likeness (QED) is 0.810. The number of thiazole rings is 1. The number of aryl methyl sites for hydroxylation is 2. The summed E-state index contributed by atoms with van der Waals surface area (Å²) in [5.74, 6) is 0. The molecular formula is C11H24N2S. The van der Waals surface area contributed by atoms with Crippen molar-refractivity contribution in [3.63, 3.8) is 0 Å². The van der Waals surface area contributed by atoms with Crippen LogP contribution in [0.25, 0.3) is 0 Å². The van der Waals surface area contributed by atoms with E-state index in [0.717, 1.165) is 12.1 Å². The largest absolute Gasteiger partial charge is 0.375 e. The van der Waals surface area contributed by atoms with Gasteiger partial charge in [0.25, 0.3) is 0 Å². The highest BCUT2D eigenvalue weighted by Gasteiger charge is 2.02. The van der Waals surface area contributed by atoms with E-state index in [1.807, 2.05) is 34.6 Å². The fraction of sp³-hybridized carbons (Fsp3) is 0.727. The van der Waals surface area contributed by atoms with Crippen molar-refractivity contribution < 1.29 is 0 Å². The van der Waals surface area contributed by atoms with Gasteiger partial charge in [0, 0.05) is 4.88 Å². The highest BCUT2D eigenvalue weighted by molar-refractivity contribution is 7.15. The zero-order chi connectivity index (χ0) is 11.6. The van der Waals surface area contributed by atoms with Gasteiger partial charge in [-0.05, 0) is 13.3 Å². The molecule has 0 aliphatic carbocycles. The molecular weight excluding hydrogens is 192 g/mol. The van der Waals surface area contributed by atoms with E-state index in [4.69, 9.17) is 5.73 Å². The maximum absolute atomic E-state index is 5.52. The van der Waals surface area contributed by atoms with Gasteiger partial charge in [-0.1, -0.05) is 41.0 Å². The van der Waals surface area contributed by atoms with Gasteiger partial charge in [-0.25, -0.2) is 4.98 Å². The van der Waals surface area contributed by atoms with Crippen molar-refractivity contribution >= 4 is 16.5 Å². The minimum absolute atomic E-state index is 0.695. The van der Waals surface area contributed by atoms with Crippen LogP contribution in [0, 0.1) is 6.92 Å². The number of anilines is 1. The van der Waals surface area contributed by atoms with Crippen LogP contribution in [0.5, 0.6) is 0 Å². The highest BCUT2D eigenvalue weighted by Crippen LogP contribution is 2.20. The molecule has 0 bridgehead atoms. The first kappa shape index (κ1) is 15.9. The second-order valence-electron chi connectivity index (χ2n) is 2.31. The summed E-state index contributed by atoms with van der Waals surface area (Å²) in [6.07, 6.45) is 2.28. The molecule has 2 nitrogen and oxygen atoms in total. The van der Waals surface area contributed by atoms with E-state index >= 15 is 0 Å². The molecule has 0 fully saturated rings. The third kappa shape index (κ3) is 5.97. The molecule has 1 aromatic heterocycles. The Hall–Kier alpha value is -0.570. The Labute approximate surface area is 92.6 Å². The molecule has 0 saturated carbocycles. The predicted octanol–water partition coefficient (Wildman–Crippen LogP) is 4.04. The summed E-state index contributed by atoms with van der Waals surface area (Å²) in [4.78, 5) is 5.46. The molecule has 1 rings (SSSR count). The number of hydrogen-bond acceptors (Lipinski definition) is 3. The molecule has 14 heavy (non-hydrogen) atoms. The lowest BCUT2D eigenvalue weighted by atomic mass is 10.2. The lowest BCUT2D eigenvalue weighted by Gasteiger charge is -1.90. The standard InChI is InChI=1S/C7H12N2S.2C2H6/c1-3-4-6-5(2)9-7(8)10-6;2*1-2/h3-4H2,1-2H3,(H2,8,9);2*1-2H3. The topological polar surface area (TPSA) is 38.9 Å². The summed E-state index contributed by atoms with van der Waals surface area (Å²) < 4.78 is 0. The summed E-state index contributed by atoms with van der Waals surface area (Å²) in [6.45, 7) is 12.2. The van der Waals surface area contributed by atoms with Gasteiger partial charge in [0.05, 0.1) is 5.69 Å². The minimum atomic E-state index is 0.695. The highest BCUT2D eigenvalue weighted by atomic mass is 32.1. The summed E-state index contributed by atoms with van der Waals surface area (Å²) in [6, 6.07) is 0. The maximum atomic E-state index is 5.52. The molecule has 0 spiro atoms. The zero-order valence-electron chi connectivity index (χ0n) is 10.3. The molecule has 0 aliphatic heterocycles. The van der Waals surface area contributed by atoms with Crippen molar-refractivity contribution in [1.82, 2.24) is 4.98 Å². The zero-order valence-corrected chi connectivity index (χ0v) is 11.2. The Morgan fingerprint density at radius 1 is 1.21 bits per heavy atom. The first-order chi connectivity index (χ1) is 6.74. The monoisotopic (exact) mass is 216 g/mol. The van der Waals surface area contributed by atoms with Crippen LogP contribution in [0.15, 0.2) is 0 Å². The Morgan fingerprint density at radius 2 is 1.71 bits per heavy atom. The molecule has 0 amide bonds. The van der Waals surface area contributed by atoms with Gasteiger partial charge < -0.3 is 5.73 Å². The van der Waals surface area contributed by atoms with Crippen LogP contribution in [-0.2, 0) is 6.42 Å². The molecule has 0 unspecified atom stereocenters. The van der Waals surface area contributed by atoms with E-state index in [-0.39, 0.29) is 0 Å². The molecule has 0 saturated heterocycles. The van der Waals surface area contributed by atoms with Crippen molar-refractivity contribution in [3.05, 3.63) is 10.6 Å². The van der Waals surface area contributed by atoms with Crippen LogP contribution in [0.3, 0.4) is 0 Å². The van der Waals surface area contributed by atoms with Crippen molar-refractivity contribution in [2.75, 3.05) is 5.73 Å². The molecule has 0 aliphatic rings. The summed E-state index contributed by atoms with van der Waals surface area (Å²) in [5, 5.41) is 0.695. The van der Waals surface area contributed by atoms with Crippen LogP contribution in [0.4, 0.5) is 5.13 Å². The van der Waals surface area contributed by atoms with Crippen LogP contribution < -0.4 is 5.73 Å². The van der Waals surface area contributed by atoms with Crippen molar-refractivity contribution in [2.24, 2.45) is 0 Å². The van der Waals surface area contributed by atoms with Crippen LogP contribution >= 0.6 is 11.3 Å². The first-order valence-electron chi connectivity index (χ1n) is 5.45. The third-order valence-corrected chi connectivity index (χ3v) is 2.43. The summed E-state index contributed by atoms with van der Waals surface area (Å²) in [5.41, 5.74) is 6.62. The Kier molecular flexibility index (Phi) is 11.9. The van der Waals surface area contributed by atoms with E-state index in [9.17, 15) is 0 Å². The van der Waals surface area contributed by atoms with Crippen molar-refractivity contribution in [1.29, 1.82) is 0 Å². The summed E-state index contributed by atoms with van der Waals surface area (Å²) >= 11 is 1.61. The fourth-order valence-corrected chi connectivity index (χ4v) is 1.84. The van der Waals surface area contributed by atoms with Gasteiger partial charge in [-0.15, -0.1) is 11.3 Å². The number of aromatic nitrogens is 1. The Bertz CT molecular complexity index is 219. The second-order valence-corrected chi connectivity index (χ2v) is 3.43. The second kappa shape index (κ2) is 10.5. The van der Waals surface area contributed by atoms with E-state index < -0.39 is 0 Å². The fourth-order valence-electron chi connectivity index (χ4n) is 0.910. The third-order valence-electron chi connectivity index (χ3n) is 1.39. The predicted molar refractivity (Wildman–Crippen MR) is 68.0 cm³/mol. The first-order valence-corrected chi connectivity index (χ1v) is 6.27. The number of nitrogen functional groups attached to an aromatic ring is 1. The number of rotatable bonds is 2. The number of nitrogens with zero attached hydrogens (tertiary/aromatic N) is 1. The lowest BCUT2D eigenvalue weighted by Crippen LogP contribution is -1.82. The van der Waals surface area contributed by atoms with Gasteiger partial charge in [0.1, 0.15) is 0 Å². The van der Waals surface area contributed by atoms with E-state index in [1.54, 1.807) is 11.3 Å². The van der Waals surface area contributed by atoms with Gasteiger partial charge in [0.15, 0.2) is 5.13 Å². The molecule has 3 heteroatoms. The molecule has 1 aromatic rings. The molecule has 0 aromatic carbocycles. The number of hydrogen-bond donors (Lipinski definition) is 1. The maximum Gasteiger partial charge on any atom is 0.180 e. The minimum Gasteiger partial charge on any atom is -0.375 e. The molecule has 0 radical (unpaired) electrons. The summed E-state index contributed by atoms with van der Waals surface area (Å²) in [7, 11) is 0. The Balaban J connectivity index is 0. The van der Waals surface area contributed by atoms with Crippen molar-refractivity contribution in [2.45, 2.75) is 54.4 Å². The average Bonchev–Trinajstić information content (AvgIpc) is 2.53. The molecule has 0 atom stereocenters. The van der Waals surface area contributed by atoms with E-state index in [0.29, 0.717) is 5.13 Å². The van der Waals surface area contributed by atoms with E-state index in [1.165, 1.54) is 11.3 Å². The molecule has 2 N–H and O–H groups in total. The van der Waals surface area contributed by atoms with Gasteiger partial charge in [-0.2, -0.15) is 0 Å². The van der Waals surface area contributed by atoms with Gasteiger partial charge in [-0.3, -0.25) is 0 Å². The molecule has 1 heterocycles. The van der Waals surface area contributed by atoms with Crippen LogP contribution in [0.1, 0.15) is 51.6 Å². The van der Waals surface area contributed by atoms with Gasteiger partial charge in [0.2, 0.25) is 0 Å². The van der Waals surface area contributed by atoms with Crippen molar-refractivity contribution in [3.8, 4) is 0 Å². The normalized spacial score (nSPS) is 8.14. The number of nitrogens with two attached hydrogens (primary N) is 1. The molecule has 84 valence electrons. The average molecular weight is 216 g/mol.